The molecule has 0 atom stereocenters. The summed E-state index contributed by atoms with van der Waals surface area (Å²) in [4.78, 5) is 20.5. The SMILES string of the molecule is COC(=O)c1cccc(Cn2c(-c3cccnc3)cc3cc(OC)c(Cl)cc32)n1. The number of halogens is 1. The Morgan fingerprint density at radius 2 is 2.00 bits per heavy atom. The highest BCUT2D eigenvalue weighted by Gasteiger charge is 2.16. The lowest BCUT2D eigenvalue weighted by molar-refractivity contribution is 0.0593. The molecule has 0 amide bonds. The molecule has 146 valence electrons. The van der Waals surface area contributed by atoms with Crippen LogP contribution in [0.2, 0.25) is 5.02 Å². The Labute approximate surface area is 172 Å². The van der Waals surface area contributed by atoms with Crippen LogP contribution in [0.4, 0.5) is 0 Å². The number of carbonyl (C=O) groups is 1. The van der Waals surface area contributed by atoms with Crippen molar-refractivity contribution in [3.63, 3.8) is 0 Å². The van der Waals surface area contributed by atoms with Crippen LogP contribution in [-0.2, 0) is 11.3 Å². The van der Waals surface area contributed by atoms with Gasteiger partial charge in [0.05, 0.1) is 42.7 Å². The first-order valence-electron chi connectivity index (χ1n) is 8.92. The summed E-state index contributed by atoms with van der Waals surface area (Å²) in [5.74, 6) is 0.143. The van der Waals surface area contributed by atoms with E-state index in [9.17, 15) is 4.79 Å². The van der Waals surface area contributed by atoms with Crippen LogP contribution in [0.25, 0.3) is 22.2 Å². The molecule has 0 spiro atoms. The van der Waals surface area contributed by atoms with Crippen molar-refractivity contribution in [3.8, 4) is 17.0 Å². The quantitative estimate of drug-likeness (QED) is 0.452. The molecule has 6 nitrogen and oxygen atoms in total. The van der Waals surface area contributed by atoms with Gasteiger partial charge in [0.2, 0.25) is 0 Å². The van der Waals surface area contributed by atoms with Gasteiger partial charge in [0.1, 0.15) is 11.4 Å². The molecule has 4 aromatic rings. The third kappa shape index (κ3) is 3.67. The molecule has 3 aromatic heterocycles. The molecule has 0 aliphatic rings. The molecule has 0 radical (unpaired) electrons. The van der Waals surface area contributed by atoms with Crippen LogP contribution in [0.1, 0.15) is 16.2 Å². The number of carbonyl (C=O) groups excluding carboxylic acids is 1. The average Bonchev–Trinajstić information content (AvgIpc) is 3.10. The lowest BCUT2D eigenvalue weighted by Gasteiger charge is -2.12. The number of aromatic nitrogens is 3. The lowest BCUT2D eigenvalue weighted by atomic mass is 10.2. The van der Waals surface area contributed by atoms with Gasteiger partial charge in [-0.15, -0.1) is 0 Å². The van der Waals surface area contributed by atoms with Gasteiger partial charge in [-0.3, -0.25) is 4.98 Å². The first-order chi connectivity index (χ1) is 14.1. The summed E-state index contributed by atoms with van der Waals surface area (Å²) in [6.07, 6.45) is 3.54. The number of hydrogen-bond donors (Lipinski definition) is 0. The molecule has 0 saturated carbocycles. The van der Waals surface area contributed by atoms with Gasteiger partial charge in [-0.1, -0.05) is 17.7 Å². The number of ether oxygens (including phenoxy) is 2. The van der Waals surface area contributed by atoms with Crippen molar-refractivity contribution in [1.82, 2.24) is 14.5 Å². The van der Waals surface area contributed by atoms with E-state index >= 15 is 0 Å². The lowest BCUT2D eigenvalue weighted by Crippen LogP contribution is -2.09. The summed E-state index contributed by atoms with van der Waals surface area (Å²) >= 11 is 6.39. The number of methoxy groups -OCH3 is 2. The zero-order valence-electron chi connectivity index (χ0n) is 15.9. The Bertz CT molecular complexity index is 1190. The third-order valence-corrected chi connectivity index (χ3v) is 4.95. The number of rotatable bonds is 5. The van der Waals surface area contributed by atoms with E-state index in [-0.39, 0.29) is 5.69 Å². The Hall–Kier alpha value is -3.38. The second-order valence-electron chi connectivity index (χ2n) is 6.41. The van der Waals surface area contributed by atoms with Crippen LogP contribution in [0, 0.1) is 0 Å². The van der Waals surface area contributed by atoms with Crippen molar-refractivity contribution in [1.29, 1.82) is 0 Å². The fraction of sp³-hybridized carbons (Fsp3) is 0.136. The molecule has 7 heteroatoms. The molecule has 4 rings (SSSR count). The maximum atomic E-state index is 11.9. The maximum Gasteiger partial charge on any atom is 0.356 e. The monoisotopic (exact) mass is 407 g/mol. The zero-order valence-corrected chi connectivity index (χ0v) is 16.7. The first kappa shape index (κ1) is 19.0. The van der Waals surface area contributed by atoms with E-state index in [1.165, 1.54) is 7.11 Å². The topological polar surface area (TPSA) is 66.2 Å². The third-order valence-electron chi connectivity index (χ3n) is 4.65. The summed E-state index contributed by atoms with van der Waals surface area (Å²) in [5.41, 5.74) is 3.84. The van der Waals surface area contributed by atoms with Crippen LogP contribution in [0.3, 0.4) is 0 Å². The molecule has 0 N–H and O–H groups in total. The van der Waals surface area contributed by atoms with Crippen LogP contribution >= 0.6 is 11.6 Å². The van der Waals surface area contributed by atoms with E-state index in [1.54, 1.807) is 25.4 Å². The molecule has 0 unspecified atom stereocenters. The van der Waals surface area contributed by atoms with Gasteiger partial charge in [-0.25, -0.2) is 9.78 Å². The minimum atomic E-state index is -0.468. The number of esters is 1. The van der Waals surface area contributed by atoms with Crippen LogP contribution in [0.5, 0.6) is 5.75 Å². The first-order valence-corrected chi connectivity index (χ1v) is 9.30. The molecule has 0 bridgehead atoms. The van der Waals surface area contributed by atoms with Crippen LogP contribution in [0.15, 0.2) is 60.9 Å². The fourth-order valence-electron chi connectivity index (χ4n) is 3.29. The summed E-state index contributed by atoms with van der Waals surface area (Å²) in [6, 6.07) is 15.0. The van der Waals surface area contributed by atoms with Crippen molar-refractivity contribution in [3.05, 3.63) is 77.3 Å². The predicted molar refractivity (Wildman–Crippen MR) is 111 cm³/mol. The van der Waals surface area contributed by atoms with Gasteiger partial charge >= 0.3 is 5.97 Å². The van der Waals surface area contributed by atoms with Crippen LogP contribution in [-0.4, -0.2) is 34.7 Å². The molecule has 3 heterocycles. The van der Waals surface area contributed by atoms with E-state index in [2.05, 4.69) is 20.6 Å². The number of benzene rings is 1. The predicted octanol–water partition coefficient (Wildman–Crippen LogP) is 4.60. The van der Waals surface area contributed by atoms with Crippen molar-refractivity contribution >= 4 is 28.5 Å². The van der Waals surface area contributed by atoms with Gasteiger partial charge in [-0.05, 0) is 42.5 Å². The molecule has 0 saturated heterocycles. The van der Waals surface area contributed by atoms with Gasteiger partial charge < -0.3 is 14.0 Å². The Kier molecular flexibility index (Phi) is 5.18. The minimum Gasteiger partial charge on any atom is -0.495 e. The fourth-order valence-corrected chi connectivity index (χ4v) is 3.53. The zero-order chi connectivity index (χ0) is 20.4. The molecule has 1 aromatic carbocycles. The van der Waals surface area contributed by atoms with Crippen molar-refractivity contribution in [2.24, 2.45) is 0 Å². The van der Waals surface area contributed by atoms with Gasteiger partial charge in [0.25, 0.3) is 0 Å². The number of nitrogens with zero attached hydrogens (tertiary/aromatic N) is 3. The van der Waals surface area contributed by atoms with Gasteiger partial charge in [-0.2, -0.15) is 0 Å². The Morgan fingerprint density at radius 3 is 2.72 bits per heavy atom. The molecular formula is C22H18ClN3O3. The summed E-state index contributed by atoms with van der Waals surface area (Å²) in [5, 5.41) is 1.50. The highest BCUT2D eigenvalue weighted by molar-refractivity contribution is 6.32. The molecule has 0 fully saturated rings. The van der Waals surface area contributed by atoms with E-state index in [4.69, 9.17) is 21.1 Å². The van der Waals surface area contributed by atoms with Crippen molar-refractivity contribution in [2.45, 2.75) is 6.54 Å². The van der Waals surface area contributed by atoms with E-state index in [0.29, 0.717) is 17.3 Å². The molecular weight excluding hydrogens is 390 g/mol. The Morgan fingerprint density at radius 1 is 1.14 bits per heavy atom. The summed E-state index contributed by atoms with van der Waals surface area (Å²) in [7, 11) is 2.93. The second-order valence-corrected chi connectivity index (χ2v) is 6.82. The average molecular weight is 408 g/mol. The summed E-state index contributed by atoms with van der Waals surface area (Å²) < 4.78 is 12.2. The van der Waals surface area contributed by atoms with Gasteiger partial charge in [0, 0.05) is 23.3 Å². The molecule has 29 heavy (non-hydrogen) atoms. The second kappa shape index (κ2) is 7.93. The summed E-state index contributed by atoms with van der Waals surface area (Å²) in [6.45, 7) is 0.446. The largest absolute Gasteiger partial charge is 0.495 e. The van der Waals surface area contributed by atoms with E-state index < -0.39 is 5.97 Å². The van der Waals surface area contributed by atoms with E-state index in [0.717, 1.165) is 27.9 Å². The number of pyridine rings is 2. The molecule has 0 aliphatic carbocycles. The maximum absolute atomic E-state index is 11.9. The van der Waals surface area contributed by atoms with Crippen LogP contribution < -0.4 is 4.74 Å². The highest BCUT2D eigenvalue weighted by atomic mass is 35.5. The smallest absolute Gasteiger partial charge is 0.356 e. The van der Waals surface area contributed by atoms with Crippen molar-refractivity contribution < 1.29 is 14.3 Å². The molecule has 0 aliphatic heterocycles. The number of hydrogen-bond acceptors (Lipinski definition) is 5. The van der Waals surface area contributed by atoms with Gasteiger partial charge in [0.15, 0.2) is 0 Å². The number of fused-ring (bicyclic) bond motifs is 1. The van der Waals surface area contributed by atoms with E-state index in [1.807, 2.05) is 36.5 Å². The minimum absolute atomic E-state index is 0.268. The normalized spacial score (nSPS) is 10.9. The standard InChI is InChI=1S/C22H18ClN3O3/c1-28-21-10-15-9-19(14-5-4-8-24-12-14)26(20(15)11-17(21)23)13-16-6-3-7-18(25-16)22(27)29-2/h3-12H,13H2,1-2H3. The highest BCUT2D eigenvalue weighted by Crippen LogP contribution is 2.35. The Balaban J connectivity index is 1.88. The van der Waals surface area contributed by atoms with Crippen molar-refractivity contribution in [2.75, 3.05) is 14.2 Å².